The van der Waals surface area contributed by atoms with Crippen LogP contribution < -0.4 is 10.2 Å². The van der Waals surface area contributed by atoms with E-state index in [0.29, 0.717) is 11.5 Å². The van der Waals surface area contributed by atoms with E-state index in [2.05, 4.69) is 31.3 Å². The second-order valence-electron chi connectivity index (χ2n) is 6.51. The minimum Gasteiger partial charge on any atom is -0.378 e. The molecule has 0 aromatic heterocycles. The predicted octanol–water partition coefficient (Wildman–Crippen LogP) is 4.27. The van der Waals surface area contributed by atoms with Crippen molar-refractivity contribution in [1.29, 1.82) is 0 Å². The predicted molar refractivity (Wildman–Crippen MR) is 96.9 cm³/mol. The molecule has 2 rings (SSSR count). The van der Waals surface area contributed by atoms with Gasteiger partial charge in [-0.05, 0) is 36.1 Å². The molecule has 3 heteroatoms. The lowest BCUT2D eigenvalue weighted by Crippen LogP contribution is -2.29. The van der Waals surface area contributed by atoms with Crippen LogP contribution in [0.1, 0.15) is 42.2 Å². The van der Waals surface area contributed by atoms with Gasteiger partial charge in [-0.2, -0.15) is 0 Å². The van der Waals surface area contributed by atoms with Crippen molar-refractivity contribution in [1.82, 2.24) is 5.32 Å². The Morgan fingerprint density at radius 3 is 2.35 bits per heavy atom. The molecule has 2 aromatic rings. The van der Waals surface area contributed by atoms with E-state index in [0.717, 1.165) is 17.7 Å². The van der Waals surface area contributed by atoms with Crippen molar-refractivity contribution in [3.05, 3.63) is 65.7 Å². The maximum atomic E-state index is 12.7. The SMILES string of the molecule is CC(C)C[C@@H](NC(=O)c1cccc(N(C)C)c1)c1ccccc1. The summed E-state index contributed by atoms with van der Waals surface area (Å²) in [5.74, 6) is 0.483. The number of nitrogens with one attached hydrogen (secondary N) is 1. The molecule has 0 bridgehead atoms. The van der Waals surface area contributed by atoms with Crippen LogP contribution >= 0.6 is 0 Å². The summed E-state index contributed by atoms with van der Waals surface area (Å²) in [5.41, 5.74) is 2.87. The van der Waals surface area contributed by atoms with Gasteiger partial charge in [0.05, 0.1) is 6.04 Å². The van der Waals surface area contributed by atoms with Crippen molar-refractivity contribution in [2.75, 3.05) is 19.0 Å². The molecular formula is C20H26N2O. The Morgan fingerprint density at radius 1 is 1.04 bits per heavy atom. The molecule has 1 atom stereocenters. The zero-order chi connectivity index (χ0) is 16.8. The molecule has 1 N–H and O–H groups in total. The fraction of sp³-hybridized carbons (Fsp3) is 0.350. The van der Waals surface area contributed by atoms with E-state index in [1.807, 2.05) is 61.5 Å². The number of hydrogen-bond donors (Lipinski definition) is 1. The monoisotopic (exact) mass is 310 g/mol. The highest BCUT2D eigenvalue weighted by Gasteiger charge is 2.17. The number of anilines is 1. The number of carbonyl (C=O) groups excluding carboxylic acids is 1. The molecule has 2 aromatic carbocycles. The average Bonchev–Trinajstić information content (AvgIpc) is 2.54. The number of amides is 1. The molecule has 0 fully saturated rings. The van der Waals surface area contributed by atoms with Crippen molar-refractivity contribution >= 4 is 11.6 Å². The van der Waals surface area contributed by atoms with Gasteiger partial charge >= 0.3 is 0 Å². The first-order valence-corrected chi connectivity index (χ1v) is 8.10. The van der Waals surface area contributed by atoms with Crippen LogP contribution in [0.4, 0.5) is 5.69 Å². The Morgan fingerprint density at radius 2 is 1.74 bits per heavy atom. The van der Waals surface area contributed by atoms with Crippen LogP contribution in [-0.2, 0) is 0 Å². The van der Waals surface area contributed by atoms with E-state index >= 15 is 0 Å². The molecule has 0 unspecified atom stereocenters. The summed E-state index contributed by atoms with van der Waals surface area (Å²) in [5, 5.41) is 3.19. The summed E-state index contributed by atoms with van der Waals surface area (Å²) in [6, 6.07) is 17.9. The van der Waals surface area contributed by atoms with E-state index in [4.69, 9.17) is 0 Å². The van der Waals surface area contributed by atoms with Crippen LogP contribution in [0.25, 0.3) is 0 Å². The first-order valence-electron chi connectivity index (χ1n) is 8.10. The molecule has 0 saturated heterocycles. The maximum absolute atomic E-state index is 12.7. The third-order valence-electron chi connectivity index (χ3n) is 3.84. The quantitative estimate of drug-likeness (QED) is 0.864. The molecule has 3 nitrogen and oxygen atoms in total. The molecule has 0 aliphatic carbocycles. The number of hydrogen-bond acceptors (Lipinski definition) is 2. The standard InChI is InChI=1S/C20H26N2O/c1-15(2)13-19(16-9-6-5-7-10-16)21-20(23)17-11-8-12-18(14-17)22(3)4/h5-12,14-15,19H,13H2,1-4H3,(H,21,23)/t19-/m1/s1. The molecule has 0 heterocycles. The molecule has 0 radical (unpaired) electrons. The number of rotatable bonds is 6. The Bertz CT molecular complexity index is 635. The van der Waals surface area contributed by atoms with E-state index in [1.54, 1.807) is 0 Å². The summed E-state index contributed by atoms with van der Waals surface area (Å²) < 4.78 is 0. The van der Waals surface area contributed by atoms with Gasteiger partial charge in [0.25, 0.3) is 5.91 Å². The van der Waals surface area contributed by atoms with Gasteiger partial charge in [0.15, 0.2) is 0 Å². The summed E-state index contributed by atoms with van der Waals surface area (Å²) in [6.45, 7) is 4.35. The van der Waals surface area contributed by atoms with E-state index in [1.165, 1.54) is 0 Å². The van der Waals surface area contributed by atoms with Crippen molar-refractivity contribution in [2.45, 2.75) is 26.3 Å². The van der Waals surface area contributed by atoms with E-state index in [9.17, 15) is 4.79 Å². The van der Waals surface area contributed by atoms with Gasteiger partial charge < -0.3 is 10.2 Å². The van der Waals surface area contributed by atoms with Gasteiger partial charge in [-0.15, -0.1) is 0 Å². The fourth-order valence-corrected chi connectivity index (χ4v) is 2.60. The Hall–Kier alpha value is -2.29. The van der Waals surface area contributed by atoms with Crippen LogP contribution in [0.2, 0.25) is 0 Å². The molecule has 23 heavy (non-hydrogen) atoms. The molecule has 0 saturated carbocycles. The van der Waals surface area contributed by atoms with Crippen LogP contribution in [0.15, 0.2) is 54.6 Å². The second-order valence-corrected chi connectivity index (χ2v) is 6.51. The summed E-state index contributed by atoms with van der Waals surface area (Å²) in [6.07, 6.45) is 0.920. The van der Waals surface area contributed by atoms with Crippen LogP contribution in [-0.4, -0.2) is 20.0 Å². The van der Waals surface area contributed by atoms with Crippen molar-refractivity contribution < 1.29 is 4.79 Å². The molecule has 0 spiro atoms. The summed E-state index contributed by atoms with van der Waals surface area (Å²) in [4.78, 5) is 14.7. The number of carbonyl (C=O) groups is 1. The smallest absolute Gasteiger partial charge is 0.251 e. The lowest BCUT2D eigenvalue weighted by Gasteiger charge is -2.22. The van der Waals surface area contributed by atoms with E-state index in [-0.39, 0.29) is 11.9 Å². The molecule has 0 aliphatic rings. The molecular weight excluding hydrogens is 284 g/mol. The van der Waals surface area contributed by atoms with Crippen LogP contribution in [0.3, 0.4) is 0 Å². The van der Waals surface area contributed by atoms with Crippen LogP contribution in [0.5, 0.6) is 0 Å². The first kappa shape index (κ1) is 17.1. The Labute approximate surface area is 139 Å². The maximum Gasteiger partial charge on any atom is 0.251 e. The third kappa shape index (κ3) is 4.85. The van der Waals surface area contributed by atoms with Gasteiger partial charge in [-0.25, -0.2) is 0 Å². The van der Waals surface area contributed by atoms with E-state index < -0.39 is 0 Å². The fourth-order valence-electron chi connectivity index (χ4n) is 2.60. The Balaban J connectivity index is 2.19. The lowest BCUT2D eigenvalue weighted by atomic mass is 9.96. The largest absolute Gasteiger partial charge is 0.378 e. The summed E-state index contributed by atoms with van der Waals surface area (Å²) in [7, 11) is 3.95. The van der Waals surface area contributed by atoms with Gasteiger partial charge in [0, 0.05) is 25.3 Å². The van der Waals surface area contributed by atoms with Crippen molar-refractivity contribution in [2.24, 2.45) is 5.92 Å². The third-order valence-corrected chi connectivity index (χ3v) is 3.84. The lowest BCUT2D eigenvalue weighted by molar-refractivity contribution is 0.0932. The first-order chi connectivity index (χ1) is 11.0. The molecule has 0 aliphatic heterocycles. The van der Waals surface area contributed by atoms with Gasteiger partial charge in [0.1, 0.15) is 0 Å². The normalized spacial score (nSPS) is 12.0. The van der Waals surface area contributed by atoms with Crippen LogP contribution in [0, 0.1) is 5.92 Å². The van der Waals surface area contributed by atoms with Gasteiger partial charge in [-0.3, -0.25) is 4.79 Å². The molecule has 1 amide bonds. The second kappa shape index (κ2) is 7.82. The minimum absolute atomic E-state index is 0.0248. The average molecular weight is 310 g/mol. The highest BCUT2D eigenvalue weighted by atomic mass is 16.1. The Kier molecular flexibility index (Phi) is 5.80. The zero-order valence-corrected chi connectivity index (χ0v) is 14.4. The minimum atomic E-state index is -0.0248. The number of nitrogens with zero attached hydrogens (tertiary/aromatic N) is 1. The highest BCUT2D eigenvalue weighted by Crippen LogP contribution is 2.22. The highest BCUT2D eigenvalue weighted by molar-refractivity contribution is 5.95. The van der Waals surface area contributed by atoms with Gasteiger partial charge in [0.2, 0.25) is 0 Å². The summed E-state index contributed by atoms with van der Waals surface area (Å²) >= 11 is 0. The number of benzene rings is 2. The van der Waals surface area contributed by atoms with Crippen molar-refractivity contribution in [3.63, 3.8) is 0 Å². The topological polar surface area (TPSA) is 32.3 Å². The van der Waals surface area contributed by atoms with Gasteiger partial charge in [-0.1, -0.05) is 50.2 Å². The zero-order valence-electron chi connectivity index (χ0n) is 14.4. The van der Waals surface area contributed by atoms with Crippen molar-refractivity contribution in [3.8, 4) is 0 Å². The molecule has 122 valence electrons.